The minimum atomic E-state index is -0.456. The van der Waals surface area contributed by atoms with Crippen molar-refractivity contribution in [3.63, 3.8) is 0 Å². The zero-order valence-electron chi connectivity index (χ0n) is 15.1. The van der Waals surface area contributed by atoms with Crippen LogP contribution in [0.4, 0.5) is 0 Å². The van der Waals surface area contributed by atoms with Gasteiger partial charge in [0.1, 0.15) is 5.75 Å². The van der Waals surface area contributed by atoms with E-state index >= 15 is 0 Å². The number of hydrogen-bond acceptors (Lipinski definition) is 4. The highest BCUT2D eigenvalue weighted by molar-refractivity contribution is 5.81. The Morgan fingerprint density at radius 3 is 2.38 bits per heavy atom. The molecule has 1 aliphatic heterocycles. The van der Waals surface area contributed by atoms with E-state index in [9.17, 15) is 4.79 Å². The highest BCUT2D eigenvalue weighted by Gasteiger charge is 2.24. The smallest absolute Gasteiger partial charge is 0.237 e. The molecule has 5 nitrogen and oxygen atoms in total. The number of rotatable bonds is 7. The SMILES string of the molecule is COc1ccc(C(CNC(=O)[C@@H](N)C(C)C)N2CCCCC2)cc1. The first-order chi connectivity index (χ1) is 11.5. The van der Waals surface area contributed by atoms with Gasteiger partial charge in [0.25, 0.3) is 0 Å². The maximum absolute atomic E-state index is 12.2. The largest absolute Gasteiger partial charge is 0.497 e. The minimum absolute atomic E-state index is 0.0690. The van der Waals surface area contributed by atoms with Crippen molar-refractivity contribution in [1.82, 2.24) is 10.2 Å². The van der Waals surface area contributed by atoms with Crippen molar-refractivity contribution in [3.8, 4) is 5.75 Å². The van der Waals surface area contributed by atoms with Gasteiger partial charge in [-0.05, 0) is 49.5 Å². The first-order valence-electron chi connectivity index (χ1n) is 8.94. The molecule has 1 heterocycles. The van der Waals surface area contributed by atoms with Crippen LogP contribution in [-0.2, 0) is 4.79 Å². The van der Waals surface area contributed by atoms with E-state index in [4.69, 9.17) is 10.5 Å². The minimum Gasteiger partial charge on any atom is -0.497 e. The fourth-order valence-corrected chi connectivity index (χ4v) is 3.13. The molecule has 2 rings (SSSR count). The lowest BCUT2D eigenvalue weighted by atomic mass is 10.0. The average molecular weight is 333 g/mol. The normalized spacial score (nSPS) is 18.2. The molecular weight excluding hydrogens is 302 g/mol. The van der Waals surface area contributed by atoms with E-state index in [2.05, 4.69) is 22.3 Å². The molecule has 0 spiro atoms. The third kappa shape index (κ3) is 4.95. The second kappa shape index (κ2) is 9.04. The fourth-order valence-electron chi connectivity index (χ4n) is 3.13. The number of carbonyl (C=O) groups is 1. The molecule has 3 N–H and O–H groups in total. The van der Waals surface area contributed by atoms with Gasteiger partial charge in [-0.1, -0.05) is 32.4 Å². The van der Waals surface area contributed by atoms with Crippen molar-refractivity contribution in [3.05, 3.63) is 29.8 Å². The third-order valence-corrected chi connectivity index (χ3v) is 4.82. The van der Waals surface area contributed by atoms with Crippen LogP contribution in [0.2, 0.25) is 0 Å². The first kappa shape index (κ1) is 18.7. The van der Waals surface area contributed by atoms with E-state index in [0.29, 0.717) is 6.54 Å². The maximum atomic E-state index is 12.2. The fraction of sp³-hybridized carbons (Fsp3) is 0.632. The number of amides is 1. The highest BCUT2D eigenvalue weighted by atomic mass is 16.5. The summed E-state index contributed by atoms with van der Waals surface area (Å²) in [5, 5.41) is 3.05. The Kier molecular flexibility index (Phi) is 7.06. The predicted molar refractivity (Wildman–Crippen MR) is 97.0 cm³/mol. The van der Waals surface area contributed by atoms with Gasteiger partial charge < -0.3 is 15.8 Å². The summed E-state index contributed by atoms with van der Waals surface area (Å²) in [5.74, 6) is 0.918. The number of hydrogen-bond donors (Lipinski definition) is 2. The van der Waals surface area contributed by atoms with Crippen LogP contribution in [0.15, 0.2) is 24.3 Å². The van der Waals surface area contributed by atoms with Gasteiger partial charge in [0.2, 0.25) is 5.91 Å². The summed E-state index contributed by atoms with van der Waals surface area (Å²) in [5.41, 5.74) is 7.16. The summed E-state index contributed by atoms with van der Waals surface area (Å²) in [4.78, 5) is 14.7. The number of methoxy groups -OCH3 is 1. The van der Waals surface area contributed by atoms with Gasteiger partial charge in [0.05, 0.1) is 19.2 Å². The standard InChI is InChI=1S/C19H31N3O2/c1-14(2)18(20)19(23)21-13-17(22-11-5-4-6-12-22)15-7-9-16(24-3)10-8-15/h7-10,14,17-18H,4-6,11-13,20H2,1-3H3,(H,21,23)/t17?,18-/m0/s1. The predicted octanol–water partition coefficient (Wildman–Crippen LogP) is 2.32. The van der Waals surface area contributed by atoms with Gasteiger partial charge in [-0.15, -0.1) is 0 Å². The quantitative estimate of drug-likeness (QED) is 0.803. The van der Waals surface area contributed by atoms with Crippen molar-refractivity contribution in [2.45, 2.75) is 45.2 Å². The van der Waals surface area contributed by atoms with Gasteiger partial charge in [-0.3, -0.25) is 9.69 Å². The average Bonchev–Trinajstić information content (AvgIpc) is 2.62. The monoisotopic (exact) mass is 333 g/mol. The maximum Gasteiger partial charge on any atom is 0.237 e. The lowest BCUT2D eigenvalue weighted by Gasteiger charge is -2.35. The van der Waals surface area contributed by atoms with Gasteiger partial charge in [0.15, 0.2) is 0 Å². The van der Waals surface area contributed by atoms with E-state index in [-0.39, 0.29) is 17.9 Å². The molecule has 0 saturated carbocycles. The summed E-state index contributed by atoms with van der Waals surface area (Å²) in [6.45, 7) is 6.67. The van der Waals surface area contributed by atoms with Crippen molar-refractivity contribution in [2.24, 2.45) is 11.7 Å². The topological polar surface area (TPSA) is 67.6 Å². The molecule has 1 aromatic carbocycles. The van der Waals surface area contributed by atoms with Crippen LogP contribution >= 0.6 is 0 Å². The van der Waals surface area contributed by atoms with Crippen molar-refractivity contribution < 1.29 is 9.53 Å². The molecule has 1 aromatic rings. The van der Waals surface area contributed by atoms with Crippen LogP contribution < -0.4 is 15.8 Å². The number of nitrogens with two attached hydrogens (primary N) is 1. The molecule has 134 valence electrons. The van der Waals surface area contributed by atoms with E-state index in [1.54, 1.807) is 7.11 Å². The molecule has 0 bridgehead atoms. The summed E-state index contributed by atoms with van der Waals surface area (Å²) in [6, 6.07) is 7.86. The first-order valence-corrected chi connectivity index (χ1v) is 8.94. The summed E-state index contributed by atoms with van der Waals surface area (Å²) in [6.07, 6.45) is 3.72. The Morgan fingerprint density at radius 2 is 1.83 bits per heavy atom. The van der Waals surface area contributed by atoms with Crippen LogP contribution in [0.25, 0.3) is 0 Å². The molecule has 24 heavy (non-hydrogen) atoms. The molecule has 2 atom stereocenters. The molecule has 1 aliphatic rings. The molecule has 1 fully saturated rings. The van der Waals surface area contributed by atoms with Crippen LogP contribution in [0.1, 0.15) is 44.7 Å². The number of nitrogens with zero attached hydrogens (tertiary/aromatic N) is 1. The molecule has 0 aliphatic carbocycles. The summed E-state index contributed by atoms with van der Waals surface area (Å²) < 4.78 is 5.25. The number of carbonyl (C=O) groups excluding carboxylic acids is 1. The summed E-state index contributed by atoms with van der Waals surface area (Å²) in [7, 11) is 1.67. The molecule has 1 saturated heterocycles. The van der Waals surface area contributed by atoms with Crippen molar-refractivity contribution in [1.29, 1.82) is 0 Å². The van der Waals surface area contributed by atoms with Crippen LogP contribution in [0.5, 0.6) is 5.75 Å². The third-order valence-electron chi connectivity index (χ3n) is 4.82. The second-order valence-corrected chi connectivity index (χ2v) is 6.90. The Hall–Kier alpha value is -1.59. The van der Waals surface area contributed by atoms with Gasteiger partial charge in [0, 0.05) is 6.54 Å². The van der Waals surface area contributed by atoms with Crippen molar-refractivity contribution in [2.75, 3.05) is 26.7 Å². The Morgan fingerprint density at radius 1 is 1.21 bits per heavy atom. The van der Waals surface area contributed by atoms with Crippen LogP contribution in [0, 0.1) is 5.92 Å². The number of benzene rings is 1. The number of piperidine rings is 1. The molecule has 0 radical (unpaired) electrons. The van der Waals surface area contributed by atoms with E-state index in [1.165, 1.54) is 24.8 Å². The molecule has 1 amide bonds. The van der Waals surface area contributed by atoms with Crippen molar-refractivity contribution >= 4 is 5.91 Å². The zero-order valence-corrected chi connectivity index (χ0v) is 15.1. The number of nitrogens with one attached hydrogen (secondary N) is 1. The summed E-state index contributed by atoms with van der Waals surface area (Å²) >= 11 is 0. The van der Waals surface area contributed by atoms with E-state index < -0.39 is 6.04 Å². The Bertz CT molecular complexity index is 510. The number of ether oxygens (including phenoxy) is 1. The lowest BCUT2D eigenvalue weighted by Crippen LogP contribution is -2.47. The van der Waals surface area contributed by atoms with Gasteiger partial charge >= 0.3 is 0 Å². The molecular formula is C19H31N3O2. The molecule has 5 heteroatoms. The number of likely N-dealkylation sites (tertiary alicyclic amines) is 1. The Labute approximate surface area is 145 Å². The lowest BCUT2D eigenvalue weighted by molar-refractivity contribution is -0.123. The van der Waals surface area contributed by atoms with E-state index in [0.717, 1.165) is 18.8 Å². The molecule has 0 aromatic heterocycles. The van der Waals surface area contributed by atoms with E-state index in [1.807, 2.05) is 26.0 Å². The van der Waals surface area contributed by atoms with Crippen LogP contribution in [0.3, 0.4) is 0 Å². The molecule has 1 unspecified atom stereocenters. The second-order valence-electron chi connectivity index (χ2n) is 6.90. The Balaban J connectivity index is 2.08. The van der Waals surface area contributed by atoms with Gasteiger partial charge in [-0.2, -0.15) is 0 Å². The van der Waals surface area contributed by atoms with Gasteiger partial charge in [-0.25, -0.2) is 0 Å². The zero-order chi connectivity index (χ0) is 17.5. The van der Waals surface area contributed by atoms with Crippen LogP contribution in [-0.4, -0.2) is 43.6 Å². The highest BCUT2D eigenvalue weighted by Crippen LogP contribution is 2.25.